The highest BCUT2D eigenvalue weighted by molar-refractivity contribution is 5.99. The van der Waals surface area contributed by atoms with Gasteiger partial charge in [0.05, 0.1) is 12.7 Å². The Morgan fingerprint density at radius 3 is 2.50 bits per heavy atom. The summed E-state index contributed by atoms with van der Waals surface area (Å²) in [5.74, 6) is -0.352. The van der Waals surface area contributed by atoms with Crippen LogP contribution in [-0.4, -0.2) is 37.7 Å². The lowest BCUT2D eigenvalue weighted by atomic mass is 10.1. The minimum atomic E-state index is -4.44. The molecule has 0 aliphatic carbocycles. The molecule has 0 aromatic heterocycles. The quantitative estimate of drug-likeness (QED) is 0.846. The zero-order valence-electron chi connectivity index (χ0n) is 9.91. The number of nitrogens with two attached hydrogens (primary N) is 1. The zero-order chi connectivity index (χ0) is 13.9. The third kappa shape index (κ3) is 3.54. The van der Waals surface area contributed by atoms with Gasteiger partial charge in [0.25, 0.3) is 5.91 Å². The van der Waals surface area contributed by atoms with E-state index in [-0.39, 0.29) is 11.3 Å². The van der Waals surface area contributed by atoms with Gasteiger partial charge in [-0.15, -0.1) is 0 Å². The van der Waals surface area contributed by atoms with Gasteiger partial charge in [0.1, 0.15) is 12.3 Å². The van der Waals surface area contributed by atoms with Crippen molar-refractivity contribution in [3.63, 3.8) is 0 Å². The number of nitrogens with zero attached hydrogens (tertiary/aromatic N) is 1. The number of rotatable bonds is 3. The van der Waals surface area contributed by atoms with Crippen molar-refractivity contribution in [2.24, 2.45) is 0 Å². The molecule has 0 saturated carbocycles. The van der Waals surface area contributed by atoms with Gasteiger partial charge in [-0.25, -0.2) is 0 Å². The van der Waals surface area contributed by atoms with Gasteiger partial charge < -0.3 is 15.4 Å². The molecule has 100 valence electrons. The molecular formula is C11H13F3N2O2. The lowest BCUT2D eigenvalue weighted by Gasteiger charge is -2.19. The Labute approximate surface area is 102 Å². The van der Waals surface area contributed by atoms with Crippen LogP contribution in [0.5, 0.6) is 5.75 Å². The number of carbonyl (C=O) groups is 1. The SMILES string of the molecule is COc1ccc(C(=O)N(C)CC(F)(F)F)c(N)c1. The van der Waals surface area contributed by atoms with Crippen molar-refractivity contribution in [3.05, 3.63) is 23.8 Å². The molecule has 4 nitrogen and oxygen atoms in total. The molecule has 7 heteroatoms. The van der Waals surface area contributed by atoms with Crippen LogP contribution < -0.4 is 10.5 Å². The van der Waals surface area contributed by atoms with Gasteiger partial charge in [-0.1, -0.05) is 0 Å². The van der Waals surface area contributed by atoms with Crippen LogP contribution in [0.1, 0.15) is 10.4 Å². The van der Waals surface area contributed by atoms with Crippen LogP contribution in [0.2, 0.25) is 0 Å². The van der Waals surface area contributed by atoms with Gasteiger partial charge in [0.15, 0.2) is 0 Å². The molecule has 0 fully saturated rings. The zero-order valence-corrected chi connectivity index (χ0v) is 9.91. The molecule has 0 spiro atoms. The van der Waals surface area contributed by atoms with E-state index in [2.05, 4.69) is 0 Å². The van der Waals surface area contributed by atoms with Crippen molar-refractivity contribution in [1.82, 2.24) is 4.90 Å². The predicted molar refractivity (Wildman–Crippen MR) is 60.4 cm³/mol. The predicted octanol–water partition coefficient (Wildman–Crippen LogP) is 1.91. The number of alkyl halides is 3. The fourth-order valence-corrected chi connectivity index (χ4v) is 1.41. The number of methoxy groups -OCH3 is 1. The highest BCUT2D eigenvalue weighted by atomic mass is 19.4. The number of benzene rings is 1. The standard InChI is InChI=1S/C11H13F3N2O2/c1-16(6-11(12,13)14)10(17)8-4-3-7(18-2)5-9(8)15/h3-5H,6,15H2,1-2H3. The topological polar surface area (TPSA) is 55.6 Å². The molecule has 0 radical (unpaired) electrons. The summed E-state index contributed by atoms with van der Waals surface area (Å²) in [5.41, 5.74) is 5.68. The van der Waals surface area contributed by atoms with Gasteiger partial charge in [0.2, 0.25) is 0 Å². The molecule has 1 aromatic rings. The van der Waals surface area contributed by atoms with Crippen molar-refractivity contribution >= 4 is 11.6 Å². The Morgan fingerprint density at radius 1 is 1.44 bits per heavy atom. The Balaban J connectivity index is 2.90. The highest BCUT2D eigenvalue weighted by Crippen LogP contribution is 2.22. The summed E-state index contributed by atoms with van der Waals surface area (Å²) in [4.78, 5) is 12.3. The van der Waals surface area contributed by atoms with Crippen LogP contribution in [0.3, 0.4) is 0 Å². The molecule has 0 aliphatic rings. The fraction of sp³-hybridized carbons (Fsp3) is 0.364. The molecule has 1 rings (SSSR count). The van der Waals surface area contributed by atoms with E-state index in [1.54, 1.807) is 0 Å². The molecule has 2 N–H and O–H groups in total. The number of hydrogen-bond donors (Lipinski definition) is 1. The number of amides is 1. The van der Waals surface area contributed by atoms with E-state index in [0.29, 0.717) is 10.6 Å². The summed E-state index contributed by atoms with van der Waals surface area (Å²) < 4.78 is 41.4. The lowest BCUT2D eigenvalue weighted by Crippen LogP contribution is -2.36. The average Bonchev–Trinajstić information content (AvgIpc) is 2.25. The van der Waals surface area contributed by atoms with Crippen LogP contribution in [0, 0.1) is 0 Å². The minimum Gasteiger partial charge on any atom is -0.497 e. The Hall–Kier alpha value is -1.92. The van der Waals surface area contributed by atoms with Crippen molar-refractivity contribution < 1.29 is 22.7 Å². The van der Waals surface area contributed by atoms with Gasteiger partial charge >= 0.3 is 6.18 Å². The van der Waals surface area contributed by atoms with E-state index in [1.165, 1.54) is 25.3 Å². The number of ether oxygens (including phenoxy) is 1. The smallest absolute Gasteiger partial charge is 0.406 e. The molecule has 0 saturated heterocycles. The summed E-state index contributed by atoms with van der Waals surface area (Å²) in [6.07, 6.45) is -4.44. The van der Waals surface area contributed by atoms with Gasteiger partial charge in [-0.3, -0.25) is 4.79 Å². The Morgan fingerprint density at radius 2 is 2.06 bits per heavy atom. The molecule has 1 amide bonds. The molecular weight excluding hydrogens is 249 g/mol. The van der Waals surface area contributed by atoms with E-state index >= 15 is 0 Å². The van der Waals surface area contributed by atoms with E-state index in [4.69, 9.17) is 10.5 Å². The summed E-state index contributed by atoms with van der Waals surface area (Å²) in [7, 11) is 2.49. The maximum Gasteiger partial charge on any atom is 0.406 e. The van der Waals surface area contributed by atoms with Crippen molar-refractivity contribution in [1.29, 1.82) is 0 Å². The maximum absolute atomic E-state index is 12.2. The minimum absolute atomic E-state index is 0.0163. The Bertz CT molecular complexity index is 446. The van der Waals surface area contributed by atoms with Gasteiger partial charge in [-0.2, -0.15) is 13.2 Å². The third-order valence-electron chi connectivity index (χ3n) is 2.25. The molecule has 0 atom stereocenters. The summed E-state index contributed by atoms with van der Waals surface area (Å²) in [5, 5.41) is 0. The van der Waals surface area contributed by atoms with Crippen LogP contribution in [0.25, 0.3) is 0 Å². The molecule has 0 aliphatic heterocycles. The second-order valence-corrected chi connectivity index (χ2v) is 3.73. The largest absolute Gasteiger partial charge is 0.497 e. The monoisotopic (exact) mass is 262 g/mol. The first-order valence-corrected chi connectivity index (χ1v) is 5.00. The molecule has 0 heterocycles. The van der Waals surface area contributed by atoms with E-state index in [0.717, 1.165) is 7.05 Å². The first-order chi connectivity index (χ1) is 8.24. The van der Waals surface area contributed by atoms with Crippen LogP contribution in [-0.2, 0) is 0 Å². The Kier molecular flexibility index (Phi) is 4.05. The van der Waals surface area contributed by atoms with E-state index in [1.807, 2.05) is 0 Å². The van der Waals surface area contributed by atoms with Gasteiger partial charge in [-0.05, 0) is 12.1 Å². The summed E-state index contributed by atoms with van der Waals surface area (Å²) >= 11 is 0. The highest BCUT2D eigenvalue weighted by Gasteiger charge is 2.31. The van der Waals surface area contributed by atoms with Crippen LogP contribution in [0.4, 0.5) is 18.9 Å². The molecule has 0 bridgehead atoms. The second-order valence-electron chi connectivity index (χ2n) is 3.73. The summed E-state index contributed by atoms with van der Waals surface area (Å²) in [6.45, 7) is -1.32. The van der Waals surface area contributed by atoms with Crippen molar-refractivity contribution in [3.8, 4) is 5.75 Å². The van der Waals surface area contributed by atoms with Gasteiger partial charge in [0, 0.05) is 18.8 Å². The number of carbonyl (C=O) groups excluding carboxylic acids is 1. The van der Waals surface area contributed by atoms with Crippen LogP contribution in [0.15, 0.2) is 18.2 Å². The first-order valence-electron chi connectivity index (χ1n) is 5.00. The maximum atomic E-state index is 12.2. The normalized spacial score (nSPS) is 11.2. The molecule has 18 heavy (non-hydrogen) atoms. The molecule has 1 aromatic carbocycles. The third-order valence-corrected chi connectivity index (χ3v) is 2.25. The summed E-state index contributed by atoms with van der Waals surface area (Å²) in [6, 6.07) is 4.18. The number of nitrogen functional groups attached to an aromatic ring is 1. The molecule has 0 unspecified atom stereocenters. The van der Waals surface area contributed by atoms with Crippen LogP contribution >= 0.6 is 0 Å². The fourth-order valence-electron chi connectivity index (χ4n) is 1.41. The number of halogens is 3. The van der Waals surface area contributed by atoms with E-state index in [9.17, 15) is 18.0 Å². The lowest BCUT2D eigenvalue weighted by molar-refractivity contribution is -0.138. The van der Waals surface area contributed by atoms with Crippen molar-refractivity contribution in [2.45, 2.75) is 6.18 Å². The second kappa shape index (κ2) is 5.16. The average molecular weight is 262 g/mol. The van der Waals surface area contributed by atoms with Crippen molar-refractivity contribution in [2.75, 3.05) is 26.4 Å². The first kappa shape index (κ1) is 14.1. The number of hydrogen-bond acceptors (Lipinski definition) is 3. The van der Waals surface area contributed by atoms with E-state index < -0.39 is 18.6 Å². The number of anilines is 1.